The van der Waals surface area contributed by atoms with Gasteiger partial charge in [-0.05, 0) is 64.9 Å². The van der Waals surface area contributed by atoms with Gasteiger partial charge in [0.15, 0.2) is 4.73 Å². The number of carbonyl (C=O) groups is 1. The zero-order valence-electron chi connectivity index (χ0n) is 13.9. The van der Waals surface area contributed by atoms with Gasteiger partial charge in [0.1, 0.15) is 12.4 Å². The quantitative estimate of drug-likeness (QED) is 0.702. The number of aryl methyl sites for hydroxylation is 1. The molecule has 0 bridgehead atoms. The molecule has 0 N–H and O–H groups in total. The fraction of sp³-hybridized carbons (Fsp3) is 0.444. The van der Waals surface area contributed by atoms with Gasteiger partial charge in [-0.1, -0.05) is 6.07 Å². The summed E-state index contributed by atoms with van der Waals surface area (Å²) in [5.74, 6) is 1.00. The molecular formula is C18H21BrN2O3. The van der Waals surface area contributed by atoms with E-state index in [9.17, 15) is 4.79 Å². The van der Waals surface area contributed by atoms with Crippen molar-refractivity contribution in [3.8, 4) is 5.75 Å². The number of esters is 1. The molecule has 24 heavy (non-hydrogen) atoms. The second kappa shape index (κ2) is 7.38. The fourth-order valence-electron chi connectivity index (χ4n) is 3.12. The predicted octanol–water partition coefficient (Wildman–Crippen LogP) is 3.74. The number of benzene rings is 1. The van der Waals surface area contributed by atoms with Crippen LogP contribution in [0.5, 0.6) is 5.75 Å². The van der Waals surface area contributed by atoms with Crippen molar-refractivity contribution >= 4 is 21.9 Å². The molecule has 128 valence electrons. The van der Waals surface area contributed by atoms with Crippen LogP contribution < -0.4 is 4.74 Å². The van der Waals surface area contributed by atoms with Gasteiger partial charge in [0, 0.05) is 7.05 Å². The van der Waals surface area contributed by atoms with Crippen molar-refractivity contribution in [2.24, 2.45) is 7.05 Å². The van der Waals surface area contributed by atoms with E-state index in [1.54, 1.807) is 6.20 Å². The van der Waals surface area contributed by atoms with Gasteiger partial charge >= 0.3 is 5.97 Å². The maximum atomic E-state index is 11.7. The molecule has 0 saturated heterocycles. The Labute approximate surface area is 150 Å². The molecule has 1 aromatic carbocycles. The third-order valence-electron chi connectivity index (χ3n) is 4.45. The topological polar surface area (TPSA) is 53.4 Å². The van der Waals surface area contributed by atoms with Gasteiger partial charge in [0.25, 0.3) is 0 Å². The van der Waals surface area contributed by atoms with E-state index < -0.39 is 0 Å². The largest absolute Gasteiger partial charge is 0.487 e. The zero-order valence-corrected chi connectivity index (χ0v) is 15.5. The second-order valence-corrected chi connectivity index (χ2v) is 6.68. The van der Waals surface area contributed by atoms with Crippen LogP contribution in [0.1, 0.15) is 42.5 Å². The van der Waals surface area contributed by atoms with Crippen LogP contribution in [0.15, 0.2) is 29.1 Å². The zero-order chi connectivity index (χ0) is 17.1. The summed E-state index contributed by atoms with van der Waals surface area (Å²) in [5.41, 5.74) is 3.52. The molecule has 3 rings (SSSR count). The van der Waals surface area contributed by atoms with Crippen LogP contribution in [0, 0.1) is 0 Å². The molecule has 5 nitrogen and oxygen atoms in total. The smallest absolute Gasteiger partial charge is 0.306 e. The Morgan fingerprint density at radius 1 is 1.46 bits per heavy atom. The summed E-state index contributed by atoms with van der Waals surface area (Å²) in [4.78, 5) is 15.9. The predicted molar refractivity (Wildman–Crippen MR) is 94.0 cm³/mol. The van der Waals surface area contributed by atoms with Gasteiger partial charge < -0.3 is 14.0 Å². The average Bonchev–Trinajstić information content (AvgIpc) is 3.10. The highest BCUT2D eigenvalue weighted by Gasteiger charge is 2.25. The number of hydrogen-bond acceptors (Lipinski definition) is 4. The van der Waals surface area contributed by atoms with Crippen molar-refractivity contribution in [3.63, 3.8) is 0 Å². The Morgan fingerprint density at radius 2 is 2.29 bits per heavy atom. The number of fused-ring (bicyclic) bond motifs is 1. The maximum absolute atomic E-state index is 11.7. The molecule has 1 aromatic heterocycles. The van der Waals surface area contributed by atoms with E-state index in [4.69, 9.17) is 9.47 Å². The van der Waals surface area contributed by atoms with Gasteiger partial charge in [-0.2, -0.15) is 0 Å². The summed E-state index contributed by atoms with van der Waals surface area (Å²) >= 11 is 3.38. The first-order valence-corrected chi connectivity index (χ1v) is 8.95. The van der Waals surface area contributed by atoms with Crippen molar-refractivity contribution in [2.45, 2.75) is 38.7 Å². The highest BCUT2D eigenvalue weighted by atomic mass is 79.9. The Kier molecular flexibility index (Phi) is 5.23. The van der Waals surface area contributed by atoms with E-state index in [1.807, 2.05) is 24.6 Å². The Bertz CT molecular complexity index is 742. The molecule has 0 radical (unpaired) electrons. The van der Waals surface area contributed by atoms with Crippen LogP contribution in [0.4, 0.5) is 0 Å². The SMILES string of the molecule is CCOC(=O)C[C@@H]1CCc2cc(OCc3cnc(Br)n3C)ccc21. The van der Waals surface area contributed by atoms with Crippen LogP contribution in [0.3, 0.4) is 0 Å². The molecule has 1 heterocycles. The number of aromatic nitrogens is 2. The molecule has 0 aliphatic heterocycles. The highest BCUT2D eigenvalue weighted by molar-refractivity contribution is 9.10. The molecule has 6 heteroatoms. The van der Waals surface area contributed by atoms with Crippen LogP contribution in [-0.2, 0) is 29.6 Å². The lowest BCUT2D eigenvalue weighted by Crippen LogP contribution is -2.08. The minimum Gasteiger partial charge on any atom is -0.487 e. The Morgan fingerprint density at radius 3 is 3.00 bits per heavy atom. The molecule has 0 spiro atoms. The summed E-state index contributed by atoms with van der Waals surface area (Å²) in [6.07, 6.45) is 4.23. The summed E-state index contributed by atoms with van der Waals surface area (Å²) in [5, 5.41) is 0. The molecule has 1 aliphatic rings. The summed E-state index contributed by atoms with van der Waals surface area (Å²) in [6, 6.07) is 6.15. The summed E-state index contributed by atoms with van der Waals surface area (Å²) in [7, 11) is 1.94. The number of halogens is 1. The van der Waals surface area contributed by atoms with E-state index in [2.05, 4.69) is 33.0 Å². The van der Waals surface area contributed by atoms with Crippen molar-refractivity contribution in [3.05, 3.63) is 46.0 Å². The fourth-order valence-corrected chi connectivity index (χ4v) is 3.45. The number of nitrogens with zero attached hydrogens (tertiary/aromatic N) is 2. The number of carbonyl (C=O) groups excluding carboxylic acids is 1. The lowest BCUT2D eigenvalue weighted by atomic mass is 9.98. The van der Waals surface area contributed by atoms with E-state index in [0.717, 1.165) is 29.0 Å². The number of imidazole rings is 1. The molecule has 0 saturated carbocycles. The van der Waals surface area contributed by atoms with Crippen LogP contribution in [-0.4, -0.2) is 22.1 Å². The minimum absolute atomic E-state index is 0.113. The molecule has 0 unspecified atom stereocenters. The van der Waals surface area contributed by atoms with E-state index >= 15 is 0 Å². The van der Waals surface area contributed by atoms with E-state index in [1.165, 1.54) is 11.1 Å². The molecule has 2 aromatic rings. The van der Waals surface area contributed by atoms with Gasteiger partial charge in [0.2, 0.25) is 0 Å². The second-order valence-electron chi connectivity index (χ2n) is 5.97. The summed E-state index contributed by atoms with van der Waals surface area (Å²) in [6.45, 7) is 2.75. The van der Waals surface area contributed by atoms with E-state index in [0.29, 0.717) is 19.6 Å². The average molecular weight is 393 g/mol. The molecule has 1 aliphatic carbocycles. The van der Waals surface area contributed by atoms with Gasteiger partial charge in [0.05, 0.1) is 24.9 Å². The standard InChI is InChI=1S/C18H21BrN2O3/c1-3-23-17(22)9-13-5-4-12-8-15(6-7-16(12)13)24-11-14-10-20-18(19)21(14)2/h6-8,10,13H,3-5,9,11H2,1-2H3/t13-/m0/s1. The lowest BCUT2D eigenvalue weighted by Gasteiger charge is -2.12. The Balaban J connectivity index is 1.64. The van der Waals surface area contributed by atoms with Gasteiger partial charge in [-0.15, -0.1) is 0 Å². The molecular weight excluding hydrogens is 372 g/mol. The minimum atomic E-state index is -0.113. The van der Waals surface area contributed by atoms with Crippen molar-refractivity contribution in [2.75, 3.05) is 6.61 Å². The van der Waals surface area contributed by atoms with Crippen molar-refractivity contribution < 1.29 is 14.3 Å². The maximum Gasteiger partial charge on any atom is 0.306 e. The lowest BCUT2D eigenvalue weighted by molar-refractivity contribution is -0.143. The Hall–Kier alpha value is -1.82. The third kappa shape index (κ3) is 3.64. The molecule has 0 amide bonds. The monoisotopic (exact) mass is 392 g/mol. The first-order valence-electron chi connectivity index (χ1n) is 8.15. The normalized spacial score (nSPS) is 16.0. The highest BCUT2D eigenvalue weighted by Crippen LogP contribution is 2.37. The van der Waals surface area contributed by atoms with E-state index in [-0.39, 0.29) is 11.9 Å². The van der Waals surface area contributed by atoms with Crippen LogP contribution in [0.25, 0.3) is 0 Å². The third-order valence-corrected chi connectivity index (χ3v) is 5.19. The van der Waals surface area contributed by atoms with Crippen LogP contribution in [0.2, 0.25) is 0 Å². The number of hydrogen-bond donors (Lipinski definition) is 0. The van der Waals surface area contributed by atoms with Crippen LogP contribution >= 0.6 is 15.9 Å². The molecule has 0 fully saturated rings. The number of ether oxygens (including phenoxy) is 2. The number of rotatable bonds is 6. The first kappa shape index (κ1) is 17.0. The summed E-state index contributed by atoms with van der Waals surface area (Å²) < 4.78 is 13.7. The van der Waals surface area contributed by atoms with Gasteiger partial charge in [-0.3, -0.25) is 4.79 Å². The first-order chi connectivity index (χ1) is 11.6. The van der Waals surface area contributed by atoms with Crippen molar-refractivity contribution in [1.82, 2.24) is 9.55 Å². The molecule has 1 atom stereocenters. The van der Waals surface area contributed by atoms with Crippen molar-refractivity contribution in [1.29, 1.82) is 0 Å². The van der Waals surface area contributed by atoms with Gasteiger partial charge in [-0.25, -0.2) is 4.98 Å².